The van der Waals surface area contributed by atoms with E-state index in [4.69, 9.17) is 9.47 Å². The number of hydrogen-bond acceptors (Lipinski definition) is 4. The van der Waals surface area contributed by atoms with Gasteiger partial charge < -0.3 is 9.47 Å². The lowest BCUT2D eigenvalue weighted by molar-refractivity contribution is -0.114. The van der Waals surface area contributed by atoms with Crippen molar-refractivity contribution in [2.45, 2.75) is 13.3 Å². The minimum absolute atomic E-state index is 0.147. The van der Waals surface area contributed by atoms with Crippen molar-refractivity contribution in [2.75, 3.05) is 18.7 Å². The molecular formula is C26H24N2O3. The molecule has 0 N–H and O–H groups in total. The lowest BCUT2D eigenvalue weighted by Gasteiger charge is -2.12. The zero-order valence-corrected chi connectivity index (χ0v) is 17.6. The van der Waals surface area contributed by atoms with Gasteiger partial charge in [-0.1, -0.05) is 54.6 Å². The molecule has 1 aliphatic rings. The minimum atomic E-state index is -0.147. The quantitative estimate of drug-likeness (QED) is 0.506. The van der Waals surface area contributed by atoms with Gasteiger partial charge in [0, 0.05) is 6.42 Å². The molecule has 0 bridgehead atoms. The Labute approximate surface area is 182 Å². The molecule has 0 aromatic heterocycles. The highest BCUT2D eigenvalue weighted by molar-refractivity contribution is 6.32. The van der Waals surface area contributed by atoms with Crippen molar-refractivity contribution < 1.29 is 14.3 Å². The van der Waals surface area contributed by atoms with E-state index in [-0.39, 0.29) is 5.91 Å². The molecule has 1 heterocycles. The van der Waals surface area contributed by atoms with Gasteiger partial charge in [0.05, 0.1) is 30.7 Å². The maximum Gasteiger partial charge on any atom is 0.280 e. The zero-order chi connectivity index (χ0) is 21.6. The van der Waals surface area contributed by atoms with Crippen LogP contribution in [0.5, 0.6) is 11.5 Å². The van der Waals surface area contributed by atoms with Crippen molar-refractivity contribution >= 4 is 23.4 Å². The predicted molar refractivity (Wildman–Crippen MR) is 124 cm³/mol. The number of anilines is 1. The molecule has 1 amide bonds. The van der Waals surface area contributed by atoms with Crippen LogP contribution in [-0.2, 0) is 11.2 Å². The first-order valence-corrected chi connectivity index (χ1v) is 10.2. The number of methoxy groups -OCH3 is 1. The van der Waals surface area contributed by atoms with Crippen LogP contribution in [0.2, 0.25) is 0 Å². The molecule has 0 saturated carbocycles. The van der Waals surface area contributed by atoms with Crippen molar-refractivity contribution in [3.05, 3.63) is 95.6 Å². The molecule has 0 atom stereocenters. The summed E-state index contributed by atoms with van der Waals surface area (Å²) in [4.78, 5) is 12.9. The Morgan fingerprint density at radius 2 is 1.65 bits per heavy atom. The Kier molecular flexibility index (Phi) is 6.13. The van der Waals surface area contributed by atoms with Crippen molar-refractivity contribution in [1.82, 2.24) is 0 Å². The van der Waals surface area contributed by atoms with Crippen LogP contribution in [0.1, 0.15) is 18.1 Å². The second-order valence-corrected chi connectivity index (χ2v) is 7.19. The molecule has 31 heavy (non-hydrogen) atoms. The fourth-order valence-electron chi connectivity index (χ4n) is 3.41. The molecule has 0 radical (unpaired) electrons. The fraction of sp³-hybridized carbons (Fsp3) is 0.154. The van der Waals surface area contributed by atoms with Crippen LogP contribution in [0, 0.1) is 0 Å². The van der Waals surface area contributed by atoms with Crippen LogP contribution in [0.3, 0.4) is 0 Å². The molecule has 0 fully saturated rings. The van der Waals surface area contributed by atoms with Gasteiger partial charge in [-0.25, -0.2) is 0 Å². The number of amides is 1. The number of hydrogen-bond donors (Lipinski definition) is 0. The third kappa shape index (κ3) is 4.67. The molecule has 5 nitrogen and oxygen atoms in total. The summed E-state index contributed by atoms with van der Waals surface area (Å²) in [6.45, 7) is 2.39. The van der Waals surface area contributed by atoms with Gasteiger partial charge in [0.15, 0.2) is 11.5 Å². The number of rotatable bonds is 7. The van der Waals surface area contributed by atoms with E-state index >= 15 is 0 Å². The van der Waals surface area contributed by atoms with Crippen molar-refractivity contribution in [3.8, 4) is 11.5 Å². The molecule has 4 rings (SSSR count). The van der Waals surface area contributed by atoms with Crippen LogP contribution in [0.15, 0.2) is 89.5 Å². The predicted octanol–water partition coefficient (Wildman–Crippen LogP) is 5.12. The Morgan fingerprint density at radius 1 is 0.935 bits per heavy atom. The summed E-state index contributed by atoms with van der Waals surface area (Å²) in [5.41, 5.74) is 4.05. The first-order valence-electron chi connectivity index (χ1n) is 10.2. The summed E-state index contributed by atoms with van der Waals surface area (Å²) in [7, 11) is 1.61. The summed E-state index contributed by atoms with van der Waals surface area (Å²) in [6.07, 6.45) is 2.65. The average molecular weight is 412 g/mol. The average Bonchev–Trinajstić information content (AvgIpc) is 3.09. The molecule has 0 unspecified atom stereocenters. The van der Waals surface area contributed by atoms with Gasteiger partial charge in [0.2, 0.25) is 0 Å². The normalized spacial score (nSPS) is 14.6. The Balaban J connectivity index is 1.49. The van der Waals surface area contributed by atoms with E-state index in [9.17, 15) is 4.79 Å². The number of carbonyl (C=O) groups excluding carboxylic acids is 1. The van der Waals surface area contributed by atoms with Gasteiger partial charge in [-0.15, -0.1) is 0 Å². The van der Waals surface area contributed by atoms with E-state index in [1.54, 1.807) is 7.11 Å². The standard InChI is InChI=1S/C26H24N2O3/c1-19-23(26(29)28(27-19)22-11-7-4-8-12-22)17-21-13-14-24(25(18-21)30-2)31-16-15-20-9-5-3-6-10-20/h3-14,17-18H,15-16H2,1-2H3/b23-17-. The SMILES string of the molecule is COc1cc(/C=C2\C(=O)N(c3ccccc3)N=C2C)ccc1OCCc1ccccc1. The van der Waals surface area contributed by atoms with E-state index in [1.807, 2.05) is 79.7 Å². The highest BCUT2D eigenvalue weighted by Crippen LogP contribution is 2.30. The van der Waals surface area contributed by atoms with Crippen LogP contribution in [-0.4, -0.2) is 25.3 Å². The van der Waals surface area contributed by atoms with Gasteiger partial charge in [-0.2, -0.15) is 10.1 Å². The number of hydrazone groups is 1. The Morgan fingerprint density at radius 3 is 2.35 bits per heavy atom. The molecule has 1 aliphatic heterocycles. The minimum Gasteiger partial charge on any atom is -0.493 e. The molecular weight excluding hydrogens is 388 g/mol. The summed E-state index contributed by atoms with van der Waals surface area (Å²) in [5, 5.41) is 5.85. The summed E-state index contributed by atoms with van der Waals surface area (Å²) in [5.74, 6) is 1.16. The van der Waals surface area contributed by atoms with Crippen LogP contribution in [0.4, 0.5) is 5.69 Å². The second-order valence-electron chi connectivity index (χ2n) is 7.19. The lowest BCUT2D eigenvalue weighted by Crippen LogP contribution is -2.21. The molecule has 3 aromatic carbocycles. The van der Waals surface area contributed by atoms with E-state index in [0.717, 1.165) is 17.7 Å². The number of carbonyl (C=O) groups is 1. The van der Waals surface area contributed by atoms with Gasteiger partial charge in [-0.05, 0) is 48.4 Å². The van der Waals surface area contributed by atoms with Crippen molar-refractivity contribution in [2.24, 2.45) is 5.10 Å². The number of nitrogens with zero attached hydrogens (tertiary/aromatic N) is 2. The van der Waals surface area contributed by atoms with Crippen molar-refractivity contribution in [3.63, 3.8) is 0 Å². The van der Waals surface area contributed by atoms with Crippen LogP contribution < -0.4 is 14.5 Å². The van der Waals surface area contributed by atoms with Gasteiger partial charge in [0.25, 0.3) is 5.91 Å². The van der Waals surface area contributed by atoms with Gasteiger partial charge in [-0.3, -0.25) is 4.79 Å². The van der Waals surface area contributed by atoms with E-state index in [2.05, 4.69) is 17.2 Å². The monoisotopic (exact) mass is 412 g/mol. The maximum absolute atomic E-state index is 12.9. The largest absolute Gasteiger partial charge is 0.493 e. The fourth-order valence-corrected chi connectivity index (χ4v) is 3.41. The van der Waals surface area contributed by atoms with Crippen LogP contribution >= 0.6 is 0 Å². The van der Waals surface area contributed by atoms with Crippen molar-refractivity contribution in [1.29, 1.82) is 0 Å². The molecule has 0 spiro atoms. The van der Waals surface area contributed by atoms with E-state index in [1.165, 1.54) is 10.6 Å². The lowest BCUT2D eigenvalue weighted by atomic mass is 10.1. The Bertz CT molecular complexity index is 1120. The summed E-state index contributed by atoms with van der Waals surface area (Å²) in [6, 6.07) is 25.3. The molecule has 5 heteroatoms. The van der Waals surface area contributed by atoms with E-state index in [0.29, 0.717) is 29.4 Å². The van der Waals surface area contributed by atoms with E-state index < -0.39 is 0 Å². The van der Waals surface area contributed by atoms with Gasteiger partial charge in [0.1, 0.15) is 0 Å². The van der Waals surface area contributed by atoms with Gasteiger partial charge >= 0.3 is 0 Å². The highest BCUT2D eigenvalue weighted by atomic mass is 16.5. The highest BCUT2D eigenvalue weighted by Gasteiger charge is 2.28. The smallest absolute Gasteiger partial charge is 0.280 e. The first kappa shape index (κ1) is 20.4. The third-order valence-corrected chi connectivity index (χ3v) is 5.05. The summed E-state index contributed by atoms with van der Waals surface area (Å²) < 4.78 is 11.4. The topological polar surface area (TPSA) is 51.1 Å². The second kappa shape index (κ2) is 9.30. The molecule has 156 valence electrons. The molecule has 3 aromatic rings. The summed E-state index contributed by atoms with van der Waals surface area (Å²) >= 11 is 0. The zero-order valence-electron chi connectivity index (χ0n) is 17.6. The number of para-hydroxylation sites is 1. The molecule has 0 aliphatic carbocycles. The number of ether oxygens (including phenoxy) is 2. The molecule has 0 saturated heterocycles. The maximum atomic E-state index is 12.9. The number of benzene rings is 3. The first-order chi connectivity index (χ1) is 15.2. The Hall–Kier alpha value is -3.86. The third-order valence-electron chi connectivity index (χ3n) is 5.05. The van der Waals surface area contributed by atoms with Crippen LogP contribution in [0.25, 0.3) is 6.08 Å².